The van der Waals surface area contributed by atoms with Gasteiger partial charge in [0.25, 0.3) is 0 Å². The zero-order valence-electron chi connectivity index (χ0n) is 9.38. The van der Waals surface area contributed by atoms with Gasteiger partial charge in [-0.1, -0.05) is 42.1 Å². The van der Waals surface area contributed by atoms with Crippen molar-refractivity contribution in [2.24, 2.45) is 0 Å². The number of aromatic hydroxyl groups is 1. The van der Waals surface area contributed by atoms with E-state index in [-0.39, 0.29) is 10.9 Å². The Morgan fingerprint density at radius 2 is 1.82 bits per heavy atom. The molecule has 0 spiro atoms. The number of thioether (sulfide) groups is 1. The maximum absolute atomic E-state index is 11.5. The van der Waals surface area contributed by atoms with E-state index in [1.807, 2.05) is 30.3 Å². The molecule has 0 amide bonds. The van der Waals surface area contributed by atoms with Crippen LogP contribution in [0.1, 0.15) is 10.4 Å². The second-order valence-corrected chi connectivity index (χ2v) is 4.37. The van der Waals surface area contributed by atoms with Crippen LogP contribution in [-0.4, -0.2) is 16.5 Å². The third kappa shape index (κ3) is 2.50. The molecule has 86 valence electrons. The molecule has 1 N–H and O–H groups in total. The first kappa shape index (κ1) is 11.7. The molecule has 3 heteroatoms. The molecule has 0 aliphatic heterocycles. The second kappa shape index (κ2) is 5.06. The standard InChI is InChI=1S/C14H12O2S/c1-17-14(16)11-7-8-12(13(15)9-11)10-5-3-2-4-6-10/h2-9,15H,1H3. The van der Waals surface area contributed by atoms with E-state index in [2.05, 4.69) is 0 Å². The molecule has 0 aromatic heterocycles. The van der Waals surface area contributed by atoms with Crippen molar-refractivity contribution in [1.82, 2.24) is 0 Å². The maximum Gasteiger partial charge on any atom is 0.219 e. The van der Waals surface area contributed by atoms with E-state index in [0.29, 0.717) is 5.56 Å². The molecular formula is C14H12O2S. The van der Waals surface area contributed by atoms with E-state index >= 15 is 0 Å². The smallest absolute Gasteiger partial charge is 0.219 e. The van der Waals surface area contributed by atoms with Gasteiger partial charge in [-0.2, -0.15) is 0 Å². The maximum atomic E-state index is 11.5. The Morgan fingerprint density at radius 3 is 2.41 bits per heavy atom. The van der Waals surface area contributed by atoms with Gasteiger partial charge in [-0.05, 0) is 30.0 Å². The molecule has 0 unspecified atom stereocenters. The lowest BCUT2D eigenvalue weighted by Crippen LogP contribution is -1.92. The topological polar surface area (TPSA) is 37.3 Å². The summed E-state index contributed by atoms with van der Waals surface area (Å²) in [7, 11) is 0. The van der Waals surface area contributed by atoms with Crippen LogP contribution in [0.25, 0.3) is 11.1 Å². The number of carbonyl (C=O) groups excluding carboxylic acids is 1. The fourth-order valence-corrected chi connectivity index (χ4v) is 2.00. The van der Waals surface area contributed by atoms with Crippen LogP contribution in [0, 0.1) is 0 Å². The Bertz CT molecular complexity index is 535. The van der Waals surface area contributed by atoms with Gasteiger partial charge >= 0.3 is 0 Å². The minimum absolute atomic E-state index is 0.0417. The Balaban J connectivity index is 2.42. The normalized spacial score (nSPS) is 10.2. The average Bonchev–Trinajstić information content (AvgIpc) is 2.38. The molecule has 0 bridgehead atoms. The first-order valence-electron chi connectivity index (χ1n) is 5.19. The molecular weight excluding hydrogens is 232 g/mol. The Morgan fingerprint density at radius 1 is 1.12 bits per heavy atom. The Labute approximate surface area is 104 Å². The number of carbonyl (C=O) groups is 1. The zero-order chi connectivity index (χ0) is 12.3. The SMILES string of the molecule is CSC(=O)c1ccc(-c2ccccc2)c(O)c1. The van der Waals surface area contributed by atoms with Crippen LogP contribution < -0.4 is 0 Å². The minimum Gasteiger partial charge on any atom is -0.507 e. The van der Waals surface area contributed by atoms with Gasteiger partial charge in [0.1, 0.15) is 5.75 Å². The molecule has 0 radical (unpaired) electrons. The van der Waals surface area contributed by atoms with Crippen LogP contribution in [0.5, 0.6) is 5.75 Å². The summed E-state index contributed by atoms with van der Waals surface area (Å²) in [6.07, 6.45) is 1.73. The van der Waals surface area contributed by atoms with Crippen molar-refractivity contribution in [2.45, 2.75) is 0 Å². The predicted octanol–water partition coefficient (Wildman–Crippen LogP) is 3.56. The Hall–Kier alpha value is -1.74. The molecule has 0 aliphatic carbocycles. The Kier molecular flexibility index (Phi) is 3.49. The van der Waals surface area contributed by atoms with Crippen LogP contribution in [0.3, 0.4) is 0 Å². The van der Waals surface area contributed by atoms with Crippen LogP contribution in [0.2, 0.25) is 0 Å². The van der Waals surface area contributed by atoms with Crippen molar-refractivity contribution >= 4 is 16.9 Å². The van der Waals surface area contributed by atoms with Crippen molar-refractivity contribution in [3.05, 3.63) is 54.1 Å². The molecule has 2 nitrogen and oxygen atoms in total. The average molecular weight is 244 g/mol. The zero-order valence-corrected chi connectivity index (χ0v) is 10.2. The molecule has 0 aliphatic rings. The molecule has 0 fully saturated rings. The van der Waals surface area contributed by atoms with Gasteiger partial charge in [-0.25, -0.2) is 0 Å². The van der Waals surface area contributed by atoms with Crippen molar-refractivity contribution in [2.75, 3.05) is 6.26 Å². The summed E-state index contributed by atoms with van der Waals surface area (Å²) in [6.45, 7) is 0. The highest BCUT2D eigenvalue weighted by atomic mass is 32.2. The molecule has 17 heavy (non-hydrogen) atoms. The minimum atomic E-state index is -0.0417. The fourth-order valence-electron chi connectivity index (χ4n) is 1.64. The van der Waals surface area contributed by atoms with Crippen LogP contribution in [0.15, 0.2) is 48.5 Å². The first-order valence-corrected chi connectivity index (χ1v) is 6.41. The number of benzene rings is 2. The van der Waals surface area contributed by atoms with Crippen LogP contribution in [0.4, 0.5) is 0 Å². The summed E-state index contributed by atoms with van der Waals surface area (Å²) in [6, 6.07) is 14.6. The van der Waals surface area contributed by atoms with E-state index in [4.69, 9.17) is 0 Å². The van der Waals surface area contributed by atoms with Crippen molar-refractivity contribution < 1.29 is 9.90 Å². The lowest BCUT2D eigenvalue weighted by atomic mass is 10.0. The van der Waals surface area contributed by atoms with Gasteiger partial charge in [0.05, 0.1) is 0 Å². The number of rotatable bonds is 2. The lowest BCUT2D eigenvalue weighted by Gasteiger charge is -2.06. The van der Waals surface area contributed by atoms with E-state index in [0.717, 1.165) is 22.9 Å². The molecule has 2 aromatic rings. The monoisotopic (exact) mass is 244 g/mol. The van der Waals surface area contributed by atoms with E-state index < -0.39 is 0 Å². The number of phenolic OH excluding ortho intramolecular Hbond substituents is 1. The summed E-state index contributed by atoms with van der Waals surface area (Å²) in [5, 5.41) is 9.89. The van der Waals surface area contributed by atoms with E-state index in [1.165, 1.54) is 6.07 Å². The highest BCUT2D eigenvalue weighted by Crippen LogP contribution is 2.30. The van der Waals surface area contributed by atoms with Gasteiger partial charge in [-0.15, -0.1) is 0 Å². The molecule has 0 atom stereocenters. The van der Waals surface area contributed by atoms with Crippen molar-refractivity contribution in [3.63, 3.8) is 0 Å². The highest BCUT2D eigenvalue weighted by molar-refractivity contribution is 8.13. The quantitative estimate of drug-likeness (QED) is 0.877. The van der Waals surface area contributed by atoms with E-state index in [1.54, 1.807) is 18.4 Å². The lowest BCUT2D eigenvalue weighted by molar-refractivity contribution is 0.108. The van der Waals surface area contributed by atoms with Crippen LogP contribution in [-0.2, 0) is 0 Å². The van der Waals surface area contributed by atoms with Gasteiger partial charge in [0, 0.05) is 11.1 Å². The molecule has 0 heterocycles. The van der Waals surface area contributed by atoms with Crippen molar-refractivity contribution in [3.8, 4) is 16.9 Å². The summed E-state index contributed by atoms with van der Waals surface area (Å²) < 4.78 is 0. The van der Waals surface area contributed by atoms with Crippen molar-refractivity contribution in [1.29, 1.82) is 0 Å². The largest absolute Gasteiger partial charge is 0.507 e. The van der Waals surface area contributed by atoms with Gasteiger partial charge in [0.15, 0.2) is 0 Å². The highest BCUT2D eigenvalue weighted by Gasteiger charge is 2.09. The first-order chi connectivity index (χ1) is 8.22. The van der Waals surface area contributed by atoms with Gasteiger partial charge in [-0.3, -0.25) is 4.79 Å². The molecule has 2 aromatic carbocycles. The predicted molar refractivity (Wildman–Crippen MR) is 71.4 cm³/mol. The van der Waals surface area contributed by atoms with Gasteiger partial charge in [0.2, 0.25) is 5.12 Å². The third-order valence-electron chi connectivity index (χ3n) is 2.50. The number of hydrogen-bond acceptors (Lipinski definition) is 3. The number of hydrogen-bond donors (Lipinski definition) is 1. The third-order valence-corrected chi connectivity index (χ3v) is 3.11. The second-order valence-electron chi connectivity index (χ2n) is 3.59. The molecule has 0 saturated heterocycles. The number of phenols is 1. The van der Waals surface area contributed by atoms with E-state index in [9.17, 15) is 9.90 Å². The van der Waals surface area contributed by atoms with Crippen LogP contribution >= 0.6 is 11.8 Å². The fraction of sp³-hybridized carbons (Fsp3) is 0.0714. The van der Waals surface area contributed by atoms with Gasteiger partial charge < -0.3 is 5.11 Å². The summed E-state index contributed by atoms with van der Waals surface area (Å²) >= 11 is 1.14. The molecule has 2 rings (SSSR count). The summed E-state index contributed by atoms with van der Waals surface area (Å²) in [5.74, 6) is 0.135. The molecule has 0 saturated carbocycles. The summed E-state index contributed by atoms with van der Waals surface area (Å²) in [5.41, 5.74) is 2.20. The summed E-state index contributed by atoms with van der Waals surface area (Å²) in [4.78, 5) is 11.5.